The normalized spacial score (nSPS) is 18.4. The van der Waals surface area contributed by atoms with Crippen molar-refractivity contribution in [1.82, 2.24) is 5.32 Å². The van der Waals surface area contributed by atoms with Gasteiger partial charge in [0.1, 0.15) is 5.75 Å². The molecule has 0 saturated heterocycles. The molecule has 0 aliphatic heterocycles. The highest BCUT2D eigenvalue weighted by atomic mass is 16.5. The number of hydrogen-bond acceptors (Lipinski definition) is 2. The van der Waals surface area contributed by atoms with E-state index >= 15 is 0 Å². The Morgan fingerprint density at radius 1 is 1.37 bits per heavy atom. The molecule has 1 aromatic rings. The van der Waals surface area contributed by atoms with Gasteiger partial charge < -0.3 is 10.1 Å². The minimum Gasteiger partial charge on any atom is -0.494 e. The molecule has 106 valence electrons. The summed E-state index contributed by atoms with van der Waals surface area (Å²) < 4.78 is 5.89. The van der Waals surface area contributed by atoms with Gasteiger partial charge in [0, 0.05) is 6.04 Å². The summed E-state index contributed by atoms with van der Waals surface area (Å²) in [6.07, 6.45) is 6.11. The van der Waals surface area contributed by atoms with Crippen LogP contribution in [-0.4, -0.2) is 13.7 Å². The Kier molecular flexibility index (Phi) is 5.26. The van der Waals surface area contributed by atoms with E-state index < -0.39 is 0 Å². The van der Waals surface area contributed by atoms with E-state index in [4.69, 9.17) is 4.74 Å². The molecule has 1 N–H and O–H groups in total. The van der Waals surface area contributed by atoms with Crippen molar-refractivity contribution in [2.24, 2.45) is 5.92 Å². The minimum absolute atomic E-state index is 0.503. The molecule has 0 heterocycles. The molecule has 1 unspecified atom stereocenters. The predicted molar refractivity (Wildman–Crippen MR) is 80.7 cm³/mol. The largest absolute Gasteiger partial charge is 0.494 e. The lowest BCUT2D eigenvalue weighted by molar-refractivity contribution is 0.296. The molecule has 19 heavy (non-hydrogen) atoms. The van der Waals surface area contributed by atoms with Crippen molar-refractivity contribution in [2.45, 2.75) is 52.0 Å². The van der Waals surface area contributed by atoms with Crippen LogP contribution in [0.15, 0.2) is 18.2 Å². The van der Waals surface area contributed by atoms with Gasteiger partial charge in [0.05, 0.1) is 6.61 Å². The molecule has 0 bridgehead atoms. The Bertz CT molecular complexity index is 400. The van der Waals surface area contributed by atoms with Crippen molar-refractivity contribution in [2.75, 3.05) is 13.7 Å². The van der Waals surface area contributed by atoms with Gasteiger partial charge in [-0.25, -0.2) is 0 Å². The number of aryl methyl sites for hydroxylation is 1. The van der Waals surface area contributed by atoms with Crippen LogP contribution >= 0.6 is 0 Å². The van der Waals surface area contributed by atoms with E-state index in [1.807, 2.05) is 0 Å². The van der Waals surface area contributed by atoms with Crippen LogP contribution in [0.5, 0.6) is 5.75 Å². The van der Waals surface area contributed by atoms with Gasteiger partial charge in [-0.1, -0.05) is 19.9 Å². The lowest BCUT2D eigenvalue weighted by atomic mass is 9.87. The van der Waals surface area contributed by atoms with Crippen molar-refractivity contribution in [3.05, 3.63) is 29.3 Å². The lowest BCUT2D eigenvalue weighted by Crippen LogP contribution is -2.21. The molecule has 2 rings (SSSR count). The van der Waals surface area contributed by atoms with E-state index in [0.717, 1.165) is 24.7 Å². The number of benzene rings is 1. The van der Waals surface area contributed by atoms with E-state index in [1.165, 1.54) is 36.8 Å². The highest BCUT2D eigenvalue weighted by molar-refractivity contribution is 5.39. The maximum absolute atomic E-state index is 5.89. The summed E-state index contributed by atoms with van der Waals surface area (Å²) in [6.45, 7) is 5.36. The van der Waals surface area contributed by atoms with Crippen molar-refractivity contribution in [3.63, 3.8) is 0 Å². The first-order chi connectivity index (χ1) is 9.20. The zero-order valence-corrected chi connectivity index (χ0v) is 12.5. The first kappa shape index (κ1) is 14.4. The van der Waals surface area contributed by atoms with Gasteiger partial charge in [0.15, 0.2) is 0 Å². The molecule has 0 amide bonds. The van der Waals surface area contributed by atoms with Crippen LogP contribution in [-0.2, 0) is 6.42 Å². The fourth-order valence-corrected chi connectivity index (χ4v) is 2.85. The van der Waals surface area contributed by atoms with Gasteiger partial charge in [-0.2, -0.15) is 0 Å². The van der Waals surface area contributed by atoms with E-state index in [-0.39, 0.29) is 0 Å². The molecule has 2 heteroatoms. The first-order valence-corrected chi connectivity index (χ1v) is 7.63. The van der Waals surface area contributed by atoms with Gasteiger partial charge >= 0.3 is 0 Å². The van der Waals surface area contributed by atoms with E-state index in [9.17, 15) is 0 Å². The third-order valence-electron chi connectivity index (χ3n) is 3.97. The average molecular weight is 261 g/mol. The van der Waals surface area contributed by atoms with Gasteiger partial charge in [-0.05, 0) is 68.3 Å². The van der Waals surface area contributed by atoms with Crippen LogP contribution < -0.4 is 10.1 Å². The van der Waals surface area contributed by atoms with Crippen LogP contribution in [0.25, 0.3) is 0 Å². The quantitative estimate of drug-likeness (QED) is 0.778. The molecule has 1 atom stereocenters. The Labute approximate surface area is 117 Å². The molecule has 0 saturated carbocycles. The molecule has 0 fully saturated rings. The second-order valence-corrected chi connectivity index (χ2v) is 5.98. The smallest absolute Gasteiger partial charge is 0.119 e. The monoisotopic (exact) mass is 261 g/mol. The summed E-state index contributed by atoms with van der Waals surface area (Å²) in [5, 5.41) is 3.41. The number of rotatable bonds is 6. The highest BCUT2D eigenvalue weighted by Crippen LogP contribution is 2.32. The van der Waals surface area contributed by atoms with Gasteiger partial charge in [-0.3, -0.25) is 0 Å². The van der Waals surface area contributed by atoms with Crippen LogP contribution in [0.2, 0.25) is 0 Å². The fourth-order valence-electron chi connectivity index (χ4n) is 2.85. The van der Waals surface area contributed by atoms with Crippen molar-refractivity contribution < 1.29 is 4.74 Å². The van der Waals surface area contributed by atoms with E-state index in [2.05, 4.69) is 44.4 Å². The van der Waals surface area contributed by atoms with Crippen LogP contribution in [0.3, 0.4) is 0 Å². The zero-order chi connectivity index (χ0) is 13.7. The summed E-state index contributed by atoms with van der Waals surface area (Å²) in [5.41, 5.74) is 2.93. The number of fused-ring (bicyclic) bond motifs is 1. The van der Waals surface area contributed by atoms with Gasteiger partial charge in [-0.15, -0.1) is 0 Å². The van der Waals surface area contributed by atoms with Crippen LogP contribution in [0.4, 0.5) is 0 Å². The van der Waals surface area contributed by atoms with Crippen molar-refractivity contribution in [1.29, 1.82) is 0 Å². The fraction of sp³-hybridized carbons (Fsp3) is 0.647. The van der Waals surface area contributed by atoms with Crippen molar-refractivity contribution in [3.8, 4) is 5.75 Å². The topological polar surface area (TPSA) is 21.3 Å². The second kappa shape index (κ2) is 6.95. The molecule has 2 nitrogen and oxygen atoms in total. The average Bonchev–Trinajstić information content (AvgIpc) is 2.42. The molecular formula is C17H27NO. The van der Waals surface area contributed by atoms with Crippen molar-refractivity contribution >= 4 is 0 Å². The molecule has 1 aromatic carbocycles. The molecule has 0 aromatic heterocycles. The van der Waals surface area contributed by atoms with Gasteiger partial charge in [0.2, 0.25) is 0 Å². The Hall–Kier alpha value is -1.02. The minimum atomic E-state index is 0.503. The first-order valence-electron chi connectivity index (χ1n) is 7.63. The summed E-state index contributed by atoms with van der Waals surface area (Å²) >= 11 is 0. The Morgan fingerprint density at radius 3 is 2.95 bits per heavy atom. The van der Waals surface area contributed by atoms with E-state index in [0.29, 0.717) is 6.04 Å². The molecule has 0 radical (unpaired) electrons. The Balaban J connectivity index is 1.95. The zero-order valence-electron chi connectivity index (χ0n) is 12.5. The third-order valence-corrected chi connectivity index (χ3v) is 3.97. The second-order valence-electron chi connectivity index (χ2n) is 5.98. The molecular weight excluding hydrogens is 234 g/mol. The standard InChI is InChI=1S/C17H27NO/c1-13(2)6-5-11-19-15-10-9-14-7-4-8-17(18-3)16(14)12-15/h9-10,12-13,17-18H,4-8,11H2,1-3H3. The third kappa shape index (κ3) is 3.97. The maximum atomic E-state index is 5.89. The summed E-state index contributed by atoms with van der Waals surface area (Å²) in [7, 11) is 2.05. The van der Waals surface area contributed by atoms with Crippen LogP contribution in [0, 0.1) is 5.92 Å². The highest BCUT2D eigenvalue weighted by Gasteiger charge is 2.19. The molecule has 1 aliphatic carbocycles. The van der Waals surface area contributed by atoms with Crippen LogP contribution in [0.1, 0.15) is 56.7 Å². The molecule has 1 aliphatic rings. The van der Waals surface area contributed by atoms with E-state index in [1.54, 1.807) is 0 Å². The summed E-state index contributed by atoms with van der Waals surface area (Å²) in [4.78, 5) is 0. The summed E-state index contributed by atoms with van der Waals surface area (Å²) in [5.74, 6) is 1.80. The number of nitrogens with one attached hydrogen (secondary N) is 1. The number of hydrogen-bond donors (Lipinski definition) is 1. The number of ether oxygens (including phenoxy) is 1. The SMILES string of the molecule is CNC1CCCc2ccc(OCCCC(C)C)cc21. The maximum Gasteiger partial charge on any atom is 0.119 e. The summed E-state index contributed by atoms with van der Waals surface area (Å²) in [6, 6.07) is 7.12. The molecule has 0 spiro atoms. The Morgan fingerprint density at radius 2 is 2.21 bits per heavy atom. The lowest BCUT2D eigenvalue weighted by Gasteiger charge is -2.25. The predicted octanol–water partition coefficient (Wildman–Crippen LogP) is 4.10. The van der Waals surface area contributed by atoms with Gasteiger partial charge in [0.25, 0.3) is 0 Å².